The minimum absolute atomic E-state index is 0.584. The number of fused-ring (bicyclic) bond motifs is 2. The number of piperidine rings is 1. The molecule has 70 valence electrons. The van der Waals surface area contributed by atoms with Crippen LogP contribution in [0.15, 0.2) is 12.7 Å². The summed E-state index contributed by atoms with van der Waals surface area (Å²) in [7, 11) is 0. The van der Waals surface area contributed by atoms with Crippen molar-refractivity contribution in [3.8, 4) is 0 Å². The molecule has 13 heavy (non-hydrogen) atoms. The second-order valence-corrected chi connectivity index (χ2v) is 4.14. The van der Waals surface area contributed by atoms with E-state index in [0.29, 0.717) is 6.04 Å². The molecule has 0 aromatic carbocycles. The smallest absolute Gasteiger partial charge is 0.137 e. The molecule has 1 N–H and O–H groups in total. The Hall–Kier alpha value is -0.900. The number of nitrogens with zero attached hydrogens (tertiary/aromatic N) is 3. The van der Waals surface area contributed by atoms with Crippen LogP contribution in [-0.4, -0.2) is 26.8 Å². The topological polar surface area (TPSA) is 42.7 Å². The second-order valence-electron chi connectivity index (χ2n) is 4.14. The van der Waals surface area contributed by atoms with E-state index in [4.69, 9.17) is 0 Å². The van der Waals surface area contributed by atoms with Gasteiger partial charge in [0, 0.05) is 12.1 Å². The Bertz CT molecular complexity index is 270. The monoisotopic (exact) mass is 178 g/mol. The van der Waals surface area contributed by atoms with Gasteiger partial charge in [-0.3, -0.25) is 0 Å². The molecule has 3 atom stereocenters. The molecule has 0 aliphatic carbocycles. The van der Waals surface area contributed by atoms with Crippen LogP contribution in [0.2, 0.25) is 0 Å². The molecule has 2 bridgehead atoms. The first-order valence-electron chi connectivity index (χ1n) is 5.02. The second kappa shape index (κ2) is 2.80. The molecule has 3 rings (SSSR count). The summed E-state index contributed by atoms with van der Waals surface area (Å²) in [4.78, 5) is 4.00. The van der Waals surface area contributed by atoms with Crippen molar-refractivity contribution in [1.82, 2.24) is 20.1 Å². The van der Waals surface area contributed by atoms with E-state index in [-0.39, 0.29) is 0 Å². The first kappa shape index (κ1) is 7.50. The quantitative estimate of drug-likeness (QED) is 0.689. The van der Waals surface area contributed by atoms with E-state index in [1.807, 2.05) is 11.0 Å². The zero-order chi connectivity index (χ0) is 8.67. The zero-order valence-electron chi connectivity index (χ0n) is 7.56. The number of hydrogen-bond donors (Lipinski definition) is 1. The van der Waals surface area contributed by atoms with Gasteiger partial charge in [0.2, 0.25) is 0 Å². The summed E-state index contributed by atoms with van der Waals surface area (Å²) in [6, 6.07) is 2.04. The molecule has 2 fully saturated rings. The molecule has 1 aromatic rings. The third kappa shape index (κ3) is 1.25. The molecule has 1 unspecified atom stereocenters. The molecule has 0 saturated carbocycles. The van der Waals surface area contributed by atoms with Crippen molar-refractivity contribution in [3.63, 3.8) is 0 Å². The summed E-state index contributed by atoms with van der Waals surface area (Å²) in [5.41, 5.74) is 0. The van der Waals surface area contributed by atoms with Crippen molar-refractivity contribution in [2.75, 3.05) is 0 Å². The summed E-state index contributed by atoms with van der Waals surface area (Å²) in [6.45, 7) is 0. The van der Waals surface area contributed by atoms with Crippen molar-refractivity contribution in [3.05, 3.63) is 12.7 Å². The Balaban J connectivity index is 1.80. The summed E-state index contributed by atoms with van der Waals surface area (Å²) in [5, 5.41) is 7.84. The third-order valence-corrected chi connectivity index (χ3v) is 3.26. The Morgan fingerprint density at radius 2 is 2.00 bits per heavy atom. The van der Waals surface area contributed by atoms with E-state index in [1.54, 1.807) is 6.33 Å². The Morgan fingerprint density at radius 1 is 1.23 bits per heavy atom. The molecule has 2 aliphatic rings. The molecule has 2 aliphatic heterocycles. The average Bonchev–Trinajstić information content (AvgIpc) is 2.75. The zero-order valence-corrected chi connectivity index (χ0v) is 7.56. The van der Waals surface area contributed by atoms with Gasteiger partial charge >= 0.3 is 0 Å². The fraction of sp³-hybridized carbons (Fsp3) is 0.778. The largest absolute Gasteiger partial charge is 0.311 e. The van der Waals surface area contributed by atoms with E-state index in [9.17, 15) is 0 Å². The van der Waals surface area contributed by atoms with Gasteiger partial charge in [0.15, 0.2) is 0 Å². The lowest BCUT2D eigenvalue weighted by Crippen LogP contribution is -2.38. The summed E-state index contributed by atoms with van der Waals surface area (Å²) < 4.78 is 2.02. The highest BCUT2D eigenvalue weighted by Crippen LogP contribution is 2.32. The van der Waals surface area contributed by atoms with Gasteiger partial charge in [-0.25, -0.2) is 9.67 Å². The summed E-state index contributed by atoms with van der Waals surface area (Å²) in [6.07, 6.45) is 8.60. The van der Waals surface area contributed by atoms with Crippen molar-refractivity contribution >= 4 is 0 Å². The molecule has 0 amide bonds. The highest BCUT2D eigenvalue weighted by Gasteiger charge is 2.34. The first-order valence-corrected chi connectivity index (χ1v) is 5.02. The van der Waals surface area contributed by atoms with Gasteiger partial charge in [-0.1, -0.05) is 0 Å². The maximum absolute atomic E-state index is 4.21. The first-order chi connectivity index (χ1) is 6.42. The SMILES string of the molecule is c1ncn(C2C[C@H]3CC[C@@H](C2)N3)n1. The van der Waals surface area contributed by atoms with Gasteiger partial charge < -0.3 is 5.32 Å². The van der Waals surface area contributed by atoms with E-state index in [1.165, 1.54) is 25.7 Å². The molecule has 1 aromatic heterocycles. The van der Waals surface area contributed by atoms with Crippen LogP contribution in [0.1, 0.15) is 31.7 Å². The van der Waals surface area contributed by atoms with Gasteiger partial charge in [0.1, 0.15) is 12.7 Å². The summed E-state index contributed by atoms with van der Waals surface area (Å²) in [5.74, 6) is 0. The van der Waals surface area contributed by atoms with Crippen LogP contribution >= 0.6 is 0 Å². The van der Waals surface area contributed by atoms with Gasteiger partial charge in [-0.05, 0) is 25.7 Å². The Morgan fingerprint density at radius 3 is 2.62 bits per heavy atom. The van der Waals surface area contributed by atoms with Crippen LogP contribution in [0, 0.1) is 0 Å². The number of nitrogens with one attached hydrogen (secondary N) is 1. The van der Waals surface area contributed by atoms with Crippen molar-refractivity contribution < 1.29 is 0 Å². The van der Waals surface area contributed by atoms with Crippen molar-refractivity contribution in [2.45, 2.75) is 43.8 Å². The molecule has 3 heterocycles. The van der Waals surface area contributed by atoms with Crippen LogP contribution in [0.25, 0.3) is 0 Å². The van der Waals surface area contributed by atoms with Gasteiger partial charge in [0.25, 0.3) is 0 Å². The lowest BCUT2D eigenvalue weighted by molar-refractivity contribution is 0.281. The lowest BCUT2D eigenvalue weighted by atomic mass is 10.0. The normalized spacial score (nSPS) is 38.0. The maximum atomic E-state index is 4.21. The fourth-order valence-corrected chi connectivity index (χ4v) is 2.65. The van der Waals surface area contributed by atoms with E-state index < -0.39 is 0 Å². The fourth-order valence-electron chi connectivity index (χ4n) is 2.65. The van der Waals surface area contributed by atoms with E-state index in [2.05, 4.69) is 15.4 Å². The van der Waals surface area contributed by atoms with Crippen LogP contribution in [-0.2, 0) is 0 Å². The number of aromatic nitrogens is 3. The van der Waals surface area contributed by atoms with Crippen LogP contribution in [0.5, 0.6) is 0 Å². The predicted octanol–water partition coefficient (Wildman–Crippen LogP) is 0.734. The highest BCUT2D eigenvalue weighted by atomic mass is 15.3. The van der Waals surface area contributed by atoms with Gasteiger partial charge in [0.05, 0.1) is 6.04 Å². The minimum atomic E-state index is 0.584. The molecular weight excluding hydrogens is 164 g/mol. The number of hydrogen-bond acceptors (Lipinski definition) is 3. The minimum Gasteiger partial charge on any atom is -0.311 e. The molecular formula is C9H14N4. The number of rotatable bonds is 1. The highest BCUT2D eigenvalue weighted by molar-refractivity contribution is 4.93. The molecule has 0 spiro atoms. The van der Waals surface area contributed by atoms with Crippen LogP contribution in [0.4, 0.5) is 0 Å². The van der Waals surface area contributed by atoms with E-state index in [0.717, 1.165) is 12.1 Å². The predicted molar refractivity (Wildman–Crippen MR) is 48.2 cm³/mol. The van der Waals surface area contributed by atoms with Crippen LogP contribution < -0.4 is 5.32 Å². The Labute approximate surface area is 77.4 Å². The lowest BCUT2D eigenvalue weighted by Gasteiger charge is -2.28. The van der Waals surface area contributed by atoms with Gasteiger partial charge in [-0.2, -0.15) is 5.10 Å². The molecule has 4 nitrogen and oxygen atoms in total. The average molecular weight is 178 g/mol. The summed E-state index contributed by atoms with van der Waals surface area (Å²) >= 11 is 0. The van der Waals surface area contributed by atoms with E-state index >= 15 is 0 Å². The maximum Gasteiger partial charge on any atom is 0.137 e. The molecule has 2 saturated heterocycles. The van der Waals surface area contributed by atoms with Crippen molar-refractivity contribution in [2.24, 2.45) is 0 Å². The van der Waals surface area contributed by atoms with Crippen LogP contribution in [0.3, 0.4) is 0 Å². The third-order valence-electron chi connectivity index (χ3n) is 3.26. The molecule has 0 radical (unpaired) electrons. The molecule has 4 heteroatoms. The standard InChI is InChI=1S/C9H14N4/c1-2-8-4-9(3-7(1)12-8)13-6-10-5-11-13/h5-9,12H,1-4H2/t7-,8+,9?. The Kier molecular flexibility index (Phi) is 1.62. The van der Waals surface area contributed by atoms with Crippen molar-refractivity contribution in [1.29, 1.82) is 0 Å². The van der Waals surface area contributed by atoms with Gasteiger partial charge in [-0.15, -0.1) is 0 Å².